The molecule has 1 aromatic carbocycles. The number of imidazole rings is 1. The van der Waals surface area contributed by atoms with Crippen molar-refractivity contribution in [3.8, 4) is 5.69 Å². The third-order valence-electron chi connectivity index (χ3n) is 2.65. The average Bonchev–Trinajstić information content (AvgIpc) is 2.82. The van der Waals surface area contributed by atoms with Gasteiger partial charge in [-0.2, -0.15) is 5.10 Å². The summed E-state index contributed by atoms with van der Waals surface area (Å²) >= 11 is 0. The van der Waals surface area contributed by atoms with Crippen molar-refractivity contribution in [3.05, 3.63) is 36.2 Å². The zero-order valence-electron chi connectivity index (χ0n) is 9.43. The highest BCUT2D eigenvalue weighted by molar-refractivity contribution is 5.81. The van der Waals surface area contributed by atoms with E-state index in [4.69, 9.17) is 5.73 Å². The Bertz CT molecular complexity index is 743. The molecule has 2 aromatic heterocycles. The number of halogens is 2. The summed E-state index contributed by atoms with van der Waals surface area (Å²) < 4.78 is 29.9. The first-order valence-corrected chi connectivity index (χ1v) is 5.18. The lowest BCUT2D eigenvalue weighted by atomic mass is 10.3. The molecule has 2 heterocycles. The van der Waals surface area contributed by atoms with Crippen molar-refractivity contribution in [1.82, 2.24) is 19.3 Å². The van der Waals surface area contributed by atoms with Crippen LogP contribution in [0.15, 0.2) is 24.5 Å². The Kier molecular flexibility index (Phi) is 2.09. The molecule has 0 aliphatic carbocycles. The van der Waals surface area contributed by atoms with Crippen LogP contribution in [0.2, 0.25) is 0 Å². The standard InChI is InChI=1S/C11H9F2N5/c1-17-5-7(4-15-17)18-9-3-6(12)2-8(13)10(9)16-11(18)14/h2-5H,1H3,(H2,14,16). The number of nitrogens with zero attached hydrogens (tertiary/aromatic N) is 4. The van der Waals surface area contributed by atoms with Gasteiger partial charge in [-0.25, -0.2) is 13.8 Å². The number of aryl methyl sites for hydroxylation is 1. The summed E-state index contributed by atoms with van der Waals surface area (Å²) in [4.78, 5) is 3.90. The maximum atomic E-state index is 13.6. The monoisotopic (exact) mass is 249 g/mol. The van der Waals surface area contributed by atoms with Crippen molar-refractivity contribution in [2.24, 2.45) is 7.05 Å². The van der Waals surface area contributed by atoms with Crippen LogP contribution in [0.3, 0.4) is 0 Å². The first-order chi connectivity index (χ1) is 8.56. The number of aromatic nitrogens is 4. The Balaban J connectivity index is 2.38. The Morgan fingerprint density at radius 1 is 1.28 bits per heavy atom. The molecule has 2 N–H and O–H groups in total. The molecular weight excluding hydrogens is 240 g/mol. The number of rotatable bonds is 1. The zero-order chi connectivity index (χ0) is 12.9. The van der Waals surface area contributed by atoms with Gasteiger partial charge in [0.25, 0.3) is 0 Å². The molecule has 0 fully saturated rings. The van der Waals surface area contributed by atoms with E-state index in [1.54, 1.807) is 24.1 Å². The zero-order valence-corrected chi connectivity index (χ0v) is 9.43. The molecule has 0 atom stereocenters. The number of hydrogen-bond acceptors (Lipinski definition) is 3. The highest BCUT2D eigenvalue weighted by atomic mass is 19.1. The van der Waals surface area contributed by atoms with Crippen LogP contribution in [0, 0.1) is 11.6 Å². The van der Waals surface area contributed by atoms with Gasteiger partial charge in [-0.15, -0.1) is 0 Å². The predicted molar refractivity (Wildman–Crippen MR) is 62.2 cm³/mol. The number of nitrogens with two attached hydrogens (primary N) is 1. The van der Waals surface area contributed by atoms with Crippen LogP contribution in [0.1, 0.15) is 0 Å². The third kappa shape index (κ3) is 1.44. The van der Waals surface area contributed by atoms with E-state index in [0.717, 1.165) is 6.07 Å². The quantitative estimate of drug-likeness (QED) is 0.712. The molecule has 3 aromatic rings. The summed E-state index contributed by atoms with van der Waals surface area (Å²) in [6, 6.07) is 1.97. The van der Waals surface area contributed by atoms with Crippen molar-refractivity contribution in [3.63, 3.8) is 0 Å². The van der Waals surface area contributed by atoms with Gasteiger partial charge in [0.05, 0.1) is 17.4 Å². The largest absolute Gasteiger partial charge is 0.369 e. The molecule has 0 saturated carbocycles. The summed E-state index contributed by atoms with van der Waals surface area (Å²) in [5.74, 6) is -1.33. The topological polar surface area (TPSA) is 61.7 Å². The minimum Gasteiger partial charge on any atom is -0.369 e. The molecule has 0 aliphatic heterocycles. The van der Waals surface area contributed by atoms with Gasteiger partial charge in [-0.3, -0.25) is 9.25 Å². The lowest BCUT2D eigenvalue weighted by Gasteiger charge is -2.02. The van der Waals surface area contributed by atoms with Gasteiger partial charge in [0.1, 0.15) is 11.3 Å². The molecule has 0 radical (unpaired) electrons. The van der Waals surface area contributed by atoms with E-state index in [0.29, 0.717) is 5.69 Å². The van der Waals surface area contributed by atoms with Crippen molar-refractivity contribution in [2.75, 3.05) is 5.73 Å². The number of anilines is 1. The normalized spacial score (nSPS) is 11.3. The van der Waals surface area contributed by atoms with E-state index in [1.807, 2.05) is 0 Å². The molecule has 0 unspecified atom stereocenters. The fourth-order valence-corrected chi connectivity index (χ4v) is 1.92. The van der Waals surface area contributed by atoms with Gasteiger partial charge < -0.3 is 5.73 Å². The lowest BCUT2D eigenvalue weighted by molar-refractivity contribution is 0.590. The summed E-state index contributed by atoms with van der Waals surface area (Å²) in [6.07, 6.45) is 3.22. The van der Waals surface area contributed by atoms with E-state index in [1.165, 1.54) is 10.6 Å². The molecule has 0 saturated heterocycles. The first-order valence-electron chi connectivity index (χ1n) is 5.18. The van der Waals surface area contributed by atoms with Crippen LogP contribution in [0.4, 0.5) is 14.7 Å². The van der Waals surface area contributed by atoms with Gasteiger partial charge in [-0.05, 0) is 0 Å². The second kappa shape index (κ2) is 3.52. The van der Waals surface area contributed by atoms with E-state index in [2.05, 4.69) is 10.1 Å². The number of hydrogen-bond donors (Lipinski definition) is 1. The average molecular weight is 249 g/mol. The molecule has 5 nitrogen and oxygen atoms in total. The predicted octanol–water partition coefficient (Wildman–Crippen LogP) is 1.62. The Labute approximate surface area is 100 Å². The Morgan fingerprint density at radius 3 is 2.72 bits per heavy atom. The molecule has 0 amide bonds. The van der Waals surface area contributed by atoms with E-state index < -0.39 is 11.6 Å². The molecule has 0 spiro atoms. The number of nitrogen functional groups attached to an aromatic ring is 1. The Morgan fingerprint density at radius 2 is 2.06 bits per heavy atom. The van der Waals surface area contributed by atoms with Gasteiger partial charge in [0.15, 0.2) is 5.82 Å². The van der Waals surface area contributed by atoms with Crippen LogP contribution in [0.5, 0.6) is 0 Å². The summed E-state index contributed by atoms with van der Waals surface area (Å²) in [7, 11) is 1.74. The smallest absolute Gasteiger partial charge is 0.206 e. The molecule has 3 rings (SSSR count). The fraction of sp³-hybridized carbons (Fsp3) is 0.0909. The highest BCUT2D eigenvalue weighted by Crippen LogP contribution is 2.25. The summed E-state index contributed by atoms with van der Waals surface area (Å²) in [6.45, 7) is 0. The minimum atomic E-state index is -0.737. The van der Waals surface area contributed by atoms with Gasteiger partial charge in [-0.1, -0.05) is 0 Å². The lowest BCUT2D eigenvalue weighted by Crippen LogP contribution is -1.99. The molecular formula is C11H9F2N5. The molecule has 7 heteroatoms. The van der Waals surface area contributed by atoms with Crippen molar-refractivity contribution >= 4 is 17.0 Å². The molecule has 0 aliphatic rings. The second-order valence-corrected chi connectivity index (χ2v) is 3.93. The summed E-state index contributed by atoms with van der Waals surface area (Å²) in [5.41, 5.74) is 6.65. The fourth-order valence-electron chi connectivity index (χ4n) is 1.92. The molecule has 0 bridgehead atoms. The number of fused-ring (bicyclic) bond motifs is 1. The highest BCUT2D eigenvalue weighted by Gasteiger charge is 2.15. The maximum Gasteiger partial charge on any atom is 0.206 e. The second-order valence-electron chi connectivity index (χ2n) is 3.93. The van der Waals surface area contributed by atoms with E-state index in [9.17, 15) is 8.78 Å². The molecule has 18 heavy (non-hydrogen) atoms. The van der Waals surface area contributed by atoms with Gasteiger partial charge >= 0.3 is 0 Å². The van der Waals surface area contributed by atoms with Crippen LogP contribution >= 0.6 is 0 Å². The SMILES string of the molecule is Cn1cc(-n2c(N)nc3c(F)cc(F)cc32)cn1. The maximum absolute atomic E-state index is 13.6. The van der Waals surface area contributed by atoms with Crippen molar-refractivity contribution < 1.29 is 8.78 Å². The van der Waals surface area contributed by atoms with Crippen LogP contribution in [0.25, 0.3) is 16.7 Å². The molecule has 92 valence electrons. The third-order valence-corrected chi connectivity index (χ3v) is 2.65. The summed E-state index contributed by atoms with van der Waals surface area (Å²) in [5, 5.41) is 3.99. The van der Waals surface area contributed by atoms with E-state index in [-0.39, 0.29) is 17.0 Å². The van der Waals surface area contributed by atoms with Crippen molar-refractivity contribution in [2.45, 2.75) is 0 Å². The number of benzene rings is 1. The van der Waals surface area contributed by atoms with Crippen LogP contribution < -0.4 is 5.73 Å². The van der Waals surface area contributed by atoms with Gasteiger partial charge in [0.2, 0.25) is 5.95 Å². The van der Waals surface area contributed by atoms with Gasteiger partial charge in [0, 0.05) is 25.4 Å². The van der Waals surface area contributed by atoms with Crippen LogP contribution in [-0.4, -0.2) is 19.3 Å². The van der Waals surface area contributed by atoms with E-state index >= 15 is 0 Å². The van der Waals surface area contributed by atoms with Crippen molar-refractivity contribution in [1.29, 1.82) is 0 Å². The Hall–Kier alpha value is -2.44. The van der Waals surface area contributed by atoms with Crippen LogP contribution in [-0.2, 0) is 7.05 Å². The first kappa shape index (κ1) is 10.7. The minimum absolute atomic E-state index is 0.0396.